The SMILES string of the molecule is O=C(O)c1cc(I)ccc1NC(=O)C1CCS(=O)(=O)C1. The highest BCUT2D eigenvalue weighted by atomic mass is 127. The van der Waals surface area contributed by atoms with Crippen LogP contribution in [-0.4, -0.2) is 36.9 Å². The van der Waals surface area contributed by atoms with Gasteiger partial charge in [-0.2, -0.15) is 0 Å². The van der Waals surface area contributed by atoms with Crippen LogP contribution in [-0.2, 0) is 14.6 Å². The molecule has 1 aromatic carbocycles. The number of benzene rings is 1. The first-order valence-electron chi connectivity index (χ1n) is 5.82. The average Bonchev–Trinajstić information content (AvgIpc) is 2.71. The Labute approximate surface area is 129 Å². The molecule has 0 spiro atoms. The van der Waals surface area contributed by atoms with Crippen LogP contribution in [0.25, 0.3) is 0 Å². The van der Waals surface area contributed by atoms with Crippen LogP contribution in [0.4, 0.5) is 5.69 Å². The van der Waals surface area contributed by atoms with E-state index in [1.54, 1.807) is 6.07 Å². The van der Waals surface area contributed by atoms with Crippen LogP contribution < -0.4 is 5.32 Å². The first kappa shape index (κ1) is 15.2. The van der Waals surface area contributed by atoms with E-state index in [0.29, 0.717) is 0 Å². The molecule has 8 heteroatoms. The molecule has 0 saturated carbocycles. The van der Waals surface area contributed by atoms with Gasteiger partial charge in [0.15, 0.2) is 9.84 Å². The summed E-state index contributed by atoms with van der Waals surface area (Å²) >= 11 is 1.98. The summed E-state index contributed by atoms with van der Waals surface area (Å²) in [4.78, 5) is 23.1. The van der Waals surface area contributed by atoms with Crippen LogP contribution in [0.5, 0.6) is 0 Å². The number of rotatable bonds is 3. The van der Waals surface area contributed by atoms with Gasteiger partial charge in [-0.1, -0.05) is 0 Å². The largest absolute Gasteiger partial charge is 0.478 e. The maximum absolute atomic E-state index is 12.0. The van der Waals surface area contributed by atoms with E-state index in [9.17, 15) is 18.0 Å². The molecule has 0 bridgehead atoms. The first-order valence-corrected chi connectivity index (χ1v) is 8.72. The van der Waals surface area contributed by atoms with Crippen molar-refractivity contribution in [3.05, 3.63) is 27.3 Å². The van der Waals surface area contributed by atoms with Crippen molar-refractivity contribution >= 4 is 50.0 Å². The van der Waals surface area contributed by atoms with Crippen LogP contribution in [0, 0.1) is 9.49 Å². The van der Waals surface area contributed by atoms with Gasteiger partial charge in [-0.25, -0.2) is 13.2 Å². The number of carboxylic acids is 1. The molecule has 1 atom stereocenters. The number of carbonyl (C=O) groups is 2. The van der Waals surface area contributed by atoms with Gasteiger partial charge in [-0.05, 0) is 47.2 Å². The molecule has 1 heterocycles. The average molecular weight is 409 g/mol. The van der Waals surface area contributed by atoms with E-state index in [2.05, 4.69) is 5.32 Å². The summed E-state index contributed by atoms with van der Waals surface area (Å²) in [6.45, 7) is 0. The van der Waals surface area contributed by atoms with Gasteiger partial charge in [0.1, 0.15) is 0 Å². The predicted octanol–water partition coefficient (Wildman–Crippen LogP) is 1.36. The third-order valence-corrected chi connectivity index (χ3v) is 5.51. The number of anilines is 1. The lowest BCUT2D eigenvalue weighted by Crippen LogP contribution is -2.24. The van der Waals surface area contributed by atoms with Gasteiger partial charge in [0.25, 0.3) is 0 Å². The lowest BCUT2D eigenvalue weighted by molar-refractivity contribution is -0.119. The van der Waals surface area contributed by atoms with Gasteiger partial charge in [-0.3, -0.25) is 4.79 Å². The molecular weight excluding hydrogens is 397 g/mol. The van der Waals surface area contributed by atoms with Crippen molar-refractivity contribution in [2.75, 3.05) is 16.8 Å². The number of hydrogen-bond acceptors (Lipinski definition) is 4. The molecule has 1 unspecified atom stereocenters. The third-order valence-electron chi connectivity index (χ3n) is 3.07. The Morgan fingerprint density at radius 1 is 1.35 bits per heavy atom. The van der Waals surface area contributed by atoms with E-state index in [-0.39, 0.29) is 29.2 Å². The molecule has 6 nitrogen and oxygen atoms in total. The number of carbonyl (C=O) groups excluding carboxylic acids is 1. The number of aromatic carboxylic acids is 1. The summed E-state index contributed by atoms with van der Waals surface area (Å²) in [5.41, 5.74) is 0.179. The van der Waals surface area contributed by atoms with E-state index in [0.717, 1.165) is 3.57 Å². The number of nitrogens with one attached hydrogen (secondary N) is 1. The Balaban J connectivity index is 2.18. The summed E-state index contributed by atoms with van der Waals surface area (Å²) in [6, 6.07) is 4.63. The normalized spacial score (nSPS) is 20.6. The highest BCUT2D eigenvalue weighted by Crippen LogP contribution is 2.23. The standard InChI is InChI=1S/C12H12INO5S/c13-8-1-2-10(9(5-8)12(16)17)14-11(15)7-3-4-20(18,19)6-7/h1-2,5,7H,3-4,6H2,(H,14,15)(H,16,17). The number of hydrogen-bond donors (Lipinski definition) is 2. The molecule has 1 amide bonds. The lowest BCUT2D eigenvalue weighted by atomic mass is 10.1. The van der Waals surface area contributed by atoms with Crippen LogP contribution in [0.1, 0.15) is 16.8 Å². The fraction of sp³-hybridized carbons (Fsp3) is 0.333. The van der Waals surface area contributed by atoms with E-state index in [1.165, 1.54) is 12.1 Å². The fourth-order valence-corrected chi connectivity index (χ4v) is 4.27. The summed E-state index contributed by atoms with van der Waals surface area (Å²) in [5.74, 6) is -2.37. The zero-order chi connectivity index (χ0) is 14.9. The summed E-state index contributed by atoms with van der Waals surface area (Å²) in [7, 11) is -3.14. The molecule has 20 heavy (non-hydrogen) atoms. The fourth-order valence-electron chi connectivity index (χ4n) is 2.04. The highest BCUT2D eigenvalue weighted by molar-refractivity contribution is 14.1. The van der Waals surface area contributed by atoms with Crippen LogP contribution >= 0.6 is 22.6 Å². The minimum absolute atomic E-state index is 0.00353. The van der Waals surface area contributed by atoms with Gasteiger partial charge in [0.2, 0.25) is 5.91 Å². The Hall–Kier alpha value is -1.16. The number of halogens is 1. The molecule has 1 aliphatic rings. The molecular formula is C12H12INO5S. The molecule has 1 aliphatic heterocycles. The lowest BCUT2D eigenvalue weighted by Gasteiger charge is -2.12. The molecule has 1 saturated heterocycles. The summed E-state index contributed by atoms with van der Waals surface area (Å²) in [5, 5.41) is 11.6. The second-order valence-electron chi connectivity index (χ2n) is 4.58. The maximum atomic E-state index is 12.0. The minimum atomic E-state index is -3.14. The van der Waals surface area contributed by atoms with Crippen molar-refractivity contribution in [2.24, 2.45) is 5.92 Å². The summed E-state index contributed by atoms with van der Waals surface area (Å²) < 4.78 is 23.4. The van der Waals surface area contributed by atoms with E-state index < -0.39 is 27.6 Å². The molecule has 1 aromatic rings. The Bertz CT molecular complexity index is 670. The molecule has 0 aliphatic carbocycles. The number of sulfone groups is 1. The molecule has 2 rings (SSSR count). The highest BCUT2D eigenvalue weighted by Gasteiger charge is 2.33. The van der Waals surface area contributed by atoms with E-state index >= 15 is 0 Å². The predicted molar refractivity (Wildman–Crippen MR) is 81.5 cm³/mol. The van der Waals surface area contributed by atoms with Crippen molar-refractivity contribution in [2.45, 2.75) is 6.42 Å². The second kappa shape index (κ2) is 5.68. The van der Waals surface area contributed by atoms with Crippen LogP contribution in [0.15, 0.2) is 18.2 Å². The van der Waals surface area contributed by atoms with Crippen molar-refractivity contribution in [3.8, 4) is 0 Å². The smallest absolute Gasteiger partial charge is 0.337 e. The van der Waals surface area contributed by atoms with Gasteiger partial charge in [0.05, 0.1) is 28.7 Å². The van der Waals surface area contributed by atoms with Crippen molar-refractivity contribution in [3.63, 3.8) is 0 Å². The van der Waals surface area contributed by atoms with Gasteiger partial charge in [-0.15, -0.1) is 0 Å². The van der Waals surface area contributed by atoms with Crippen molar-refractivity contribution in [1.29, 1.82) is 0 Å². The topological polar surface area (TPSA) is 101 Å². The monoisotopic (exact) mass is 409 g/mol. The van der Waals surface area contributed by atoms with Gasteiger partial charge < -0.3 is 10.4 Å². The van der Waals surface area contributed by atoms with E-state index in [4.69, 9.17) is 5.11 Å². The first-order chi connectivity index (χ1) is 9.28. The van der Waals surface area contributed by atoms with Crippen molar-refractivity contribution < 1.29 is 23.1 Å². The number of carboxylic acid groups (broad SMARTS) is 1. The zero-order valence-electron chi connectivity index (χ0n) is 10.3. The van der Waals surface area contributed by atoms with Crippen LogP contribution in [0.3, 0.4) is 0 Å². The Morgan fingerprint density at radius 3 is 2.60 bits per heavy atom. The molecule has 0 aromatic heterocycles. The molecule has 108 valence electrons. The Kier molecular flexibility index (Phi) is 4.33. The van der Waals surface area contributed by atoms with E-state index in [1.807, 2.05) is 22.6 Å². The van der Waals surface area contributed by atoms with Gasteiger partial charge in [0, 0.05) is 3.57 Å². The maximum Gasteiger partial charge on any atom is 0.337 e. The van der Waals surface area contributed by atoms with Crippen LogP contribution in [0.2, 0.25) is 0 Å². The molecule has 0 radical (unpaired) electrons. The number of amides is 1. The van der Waals surface area contributed by atoms with Crippen molar-refractivity contribution in [1.82, 2.24) is 0 Å². The molecule has 1 fully saturated rings. The summed E-state index contributed by atoms with van der Waals surface area (Å²) in [6.07, 6.45) is 0.279. The van der Waals surface area contributed by atoms with Gasteiger partial charge >= 0.3 is 5.97 Å². The molecule has 2 N–H and O–H groups in total. The zero-order valence-corrected chi connectivity index (χ0v) is 13.3. The second-order valence-corrected chi connectivity index (χ2v) is 8.06. The third kappa shape index (κ3) is 3.48. The quantitative estimate of drug-likeness (QED) is 0.735. The Morgan fingerprint density at radius 2 is 2.05 bits per heavy atom. The minimum Gasteiger partial charge on any atom is -0.478 e.